The van der Waals surface area contributed by atoms with Crippen molar-refractivity contribution in [2.45, 2.75) is 0 Å². The average Bonchev–Trinajstić information content (AvgIpc) is 2.49. The van der Waals surface area contributed by atoms with Gasteiger partial charge in [0.05, 0.1) is 5.69 Å². The summed E-state index contributed by atoms with van der Waals surface area (Å²) in [4.78, 5) is 12.2. The summed E-state index contributed by atoms with van der Waals surface area (Å²) in [5.74, 6) is -0.805. The fraction of sp³-hybridized carbons (Fsp3) is 0. The van der Waals surface area contributed by atoms with Gasteiger partial charge in [-0.3, -0.25) is 4.79 Å². The van der Waals surface area contributed by atoms with Crippen LogP contribution in [0, 0.1) is 5.82 Å². The van der Waals surface area contributed by atoms with Crippen LogP contribution in [-0.2, 0) is 0 Å². The van der Waals surface area contributed by atoms with Crippen molar-refractivity contribution in [2.75, 3.05) is 5.32 Å². The van der Waals surface area contributed by atoms with Gasteiger partial charge in [-0.1, -0.05) is 46.3 Å². The molecule has 0 saturated heterocycles. The maximum Gasteiger partial charge on any atom is 0.255 e. The lowest BCUT2D eigenvalue weighted by molar-refractivity contribution is 0.102. The quantitative estimate of drug-likeness (QED) is 0.697. The Kier molecular flexibility index (Phi) is 3.71. The van der Waals surface area contributed by atoms with E-state index in [0.717, 1.165) is 10.8 Å². The number of amides is 1. The van der Waals surface area contributed by atoms with Gasteiger partial charge >= 0.3 is 0 Å². The number of carbonyl (C=O) groups excluding carboxylic acids is 1. The minimum atomic E-state index is -0.474. The highest BCUT2D eigenvalue weighted by molar-refractivity contribution is 9.10. The highest BCUT2D eigenvalue weighted by Crippen LogP contribution is 2.21. The Morgan fingerprint density at radius 3 is 2.48 bits per heavy atom. The van der Waals surface area contributed by atoms with Crippen molar-refractivity contribution >= 4 is 38.3 Å². The first-order chi connectivity index (χ1) is 10.1. The molecule has 4 heteroatoms. The summed E-state index contributed by atoms with van der Waals surface area (Å²) in [7, 11) is 0. The second-order valence-corrected chi connectivity index (χ2v) is 5.56. The summed E-state index contributed by atoms with van der Waals surface area (Å²) in [6, 6.07) is 17.7. The Labute approximate surface area is 129 Å². The third kappa shape index (κ3) is 2.95. The monoisotopic (exact) mass is 343 g/mol. The van der Waals surface area contributed by atoms with Gasteiger partial charge in [-0.25, -0.2) is 4.39 Å². The highest BCUT2D eigenvalue weighted by Gasteiger charge is 2.10. The first kappa shape index (κ1) is 13.8. The first-order valence-electron chi connectivity index (χ1n) is 6.39. The molecule has 2 nitrogen and oxygen atoms in total. The predicted octanol–water partition coefficient (Wildman–Crippen LogP) is 4.99. The molecule has 1 amide bonds. The number of anilines is 1. The lowest BCUT2D eigenvalue weighted by Crippen LogP contribution is -2.12. The van der Waals surface area contributed by atoms with Crippen LogP contribution in [0.1, 0.15) is 10.4 Å². The first-order valence-corrected chi connectivity index (χ1v) is 7.18. The Bertz CT molecular complexity index is 832. The molecule has 3 aromatic rings. The topological polar surface area (TPSA) is 29.1 Å². The third-order valence-corrected chi connectivity index (χ3v) is 3.68. The summed E-state index contributed by atoms with van der Waals surface area (Å²) in [5, 5.41) is 4.62. The fourth-order valence-corrected chi connectivity index (χ4v) is 2.45. The SMILES string of the molecule is O=C(Nc1ccc(Br)cc1F)c1ccc2ccccc2c1. The highest BCUT2D eigenvalue weighted by atomic mass is 79.9. The molecule has 1 N–H and O–H groups in total. The summed E-state index contributed by atoms with van der Waals surface area (Å²) in [6.07, 6.45) is 0. The zero-order chi connectivity index (χ0) is 14.8. The third-order valence-electron chi connectivity index (χ3n) is 3.19. The molecular weight excluding hydrogens is 333 g/mol. The number of hydrogen-bond acceptors (Lipinski definition) is 1. The molecule has 0 spiro atoms. The van der Waals surface area contributed by atoms with Crippen LogP contribution in [0.4, 0.5) is 10.1 Å². The number of benzene rings is 3. The van der Waals surface area contributed by atoms with Gasteiger partial charge < -0.3 is 5.32 Å². The fourth-order valence-electron chi connectivity index (χ4n) is 2.12. The van der Waals surface area contributed by atoms with E-state index in [1.807, 2.05) is 30.3 Å². The van der Waals surface area contributed by atoms with Gasteiger partial charge in [0.15, 0.2) is 0 Å². The molecule has 0 aliphatic carbocycles. The molecule has 3 rings (SSSR count). The van der Waals surface area contributed by atoms with Crippen molar-refractivity contribution in [1.82, 2.24) is 0 Å². The summed E-state index contributed by atoms with van der Waals surface area (Å²) in [6.45, 7) is 0. The van der Waals surface area contributed by atoms with Crippen LogP contribution in [-0.4, -0.2) is 5.91 Å². The van der Waals surface area contributed by atoms with Crippen molar-refractivity contribution in [2.24, 2.45) is 0 Å². The largest absolute Gasteiger partial charge is 0.319 e. The molecule has 0 saturated carbocycles. The minimum Gasteiger partial charge on any atom is -0.319 e. The lowest BCUT2D eigenvalue weighted by Gasteiger charge is -2.07. The van der Waals surface area contributed by atoms with E-state index in [2.05, 4.69) is 21.2 Å². The van der Waals surface area contributed by atoms with Gasteiger partial charge in [-0.05, 0) is 41.1 Å². The molecule has 0 aliphatic heterocycles. The standard InChI is InChI=1S/C17H11BrFNO/c18-14-7-8-16(15(19)10-14)20-17(21)13-6-5-11-3-1-2-4-12(11)9-13/h1-10H,(H,20,21). The van der Waals surface area contributed by atoms with E-state index in [-0.39, 0.29) is 11.6 Å². The van der Waals surface area contributed by atoms with Crippen LogP contribution in [0.25, 0.3) is 10.8 Å². The molecule has 104 valence electrons. The Morgan fingerprint density at radius 2 is 1.71 bits per heavy atom. The lowest BCUT2D eigenvalue weighted by atomic mass is 10.1. The molecule has 0 bridgehead atoms. The van der Waals surface area contributed by atoms with Gasteiger partial charge in [-0.2, -0.15) is 0 Å². The molecular formula is C17H11BrFNO. The van der Waals surface area contributed by atoms with E-state index in [1.165, 1.54) is 12.1 Å². The van der Waals surface area contributed by atoms with Gasteiger partial charge in [0.25, 0.3) is 5.91 Å². The van der Waals surface area contributed by atoms with Gasteiger partial charge in [0, 0.05) is 10.0 Å². The number of nitrogens with one attached hydrogen (secondary N) is 1. The van der Waals surface area contributed by atoms with Crippen LogP contribution in [0.3, 0.4) is 0 Å². The second-order valence-electron chi connectivity index (χ2n) is 4.64. The number of halogens is 2. The number of carbonyl (C=O) groups is 1. The maximum atomic E-state index is 13.7. The average molecular weight is 344 g/mol. The molecule has 0 fully saturated rings. The molecule has 0 aliphatic rings. The predicted molar refractivity (Wildman–Crippen MR) is 86.0 cm³/mol. The summed E-state index contributed by atoms with van der Waals surface area (Å²) >= 11 is 3.18. The van der Waals surface area contributed by atoms with E-state index in [4.69, 9.17) is 0 Å². The van der Waals surface area contributed by atoms with E-state index in [9.17, 15) is 9.18 Å². The van der Waals surface area contributed by atoms with Gasteiger partial charge in [-0.15, -0.1) is 0 Å². The van der Waals surface area contributed by atoms with Crippen molar-refractivity contribution < 1.29 is 9.18 Å². The number of fused-ring (bicyclic) bond motifs is 1. The van der Waals surface area contributed by atoms with Crippen molar-refractivity contribution in [3.8, 4) is 0 Å². The van der Waals surface area contributed by atoms with E-state index >= 15 is 0 Å². The zero-order valence-electron chi connectivity index (χ0n) is 10.9. The second kappa shape index (κ2) is 5.66. The van der Waals surface area contributed by atoms with E-state index in [0.29, 0.717) is 10.0 Å². The van der Waals surface area contributed by atoms with Crippen molar-refractivity contribution in [3.63, 3.8) is 0 Å². The van der Waals surface area contributed by atoms with E-state index < -0.39 is 5.82 Å². The molecule has 0 heterocycles. The van der Waals surface area contributed by atoms with Crippen molar-refractivity contribution in [3.05, 3.63) is 76.5 Å². The van der Waals surface area contributed by atoms with Crippen LogP contribution < -0.4 is 5.32 Å². The van der Waals surface area contributed by atoms with Crippen LogP contribution in [0.5, 0.6) is 0 Å². The molecule has 0 radical (unpaired) electrons. The maximum absolute atomic E-state index is 13.7. The minimum absolute atomic E-state index is 0.163. The van der Waals surface area contributed by atoms with Crippen LogP contribution >= 0.6 is 15.9 Å². The summed E-state index contributed by atoms with van der Waals surface area (Å²) < 4.78 is 14.4. The Balaban J connectivity index is 1.89. The molecule has 0 aromatic heterocycles. The van der Waals surface area contributed by atoms with Gasteiger partial charge in [0.1, 0.15) is 5.82 Å². The van der Waals surface area contributed by atoms with Crippen LogP contribution in [0.2, 0.25) is 0 Å². The molecule has 0 atom stereocenters. The number of rotatable bonds is 2. The van der Waals surface area contributed by atoms with Gasteiger partial charge in [0.2, 0.25) is 0 Å². The zero-order valence-corrected chi connectivity index (χ0v) is 12.5. The van der Waals surface area contributed by atoms with Crippen molar-refractivity contribution in [1.29, 1.82) is 0 Å². The number of hydrogen-bond donors (Lipinski definition) is 1. The Hall–Kier alpha value is -2.20. The molecule has 21 heavy (non-hydrogen) atoms. The summed E-state index contributed by atoms with van der Waals surface area (Å²) in [5.41, 5.74) is 0.660. The Morgan fingerprint density at radius 1 is 0.952 bits per heavy atom. The van der Waals surface area contributed by atoms with Crippen LogP contribution in [0.15, 0.2) is 65.1 Å². The molecule has 0 unspecified atom stereocenters. The normalized spacial score (nSPS) is 10.6. The van der Waals surface area contributed by atoms with E-state index in [1.54, 1.807) is 18.2 Å². The molecule has 3 aromatic carbocycles. The smallest absolute Gasteiger partial charge is 0.255 e.